The van der Waals surface area contributed by atoms with Gasteiger partial charge in [-0.1, -0.05) is 83.5 Å². The monoisotopic (exact) mass is 546 g/mol. The Kier molecular flexibility index (Phi) is 9.35. The fourth-order valence-electron chi connectivity index (χ4n) is 3.20. The van der Waals surface area contributed by atoms with Crippen molar-refractivity contribution in [3.05, 3.63) is 63.0 Å². The zero-order chi connectivity index (χ0) is 21.5. The van der Waals surface area contributed by atoms with Crippen molar-refractivity contribution >= 4 is 42.0 Å². The van der Waals surface area contributed by atoms with Gasteiger partial charge in [0.25, 0.3) is 10.1 Å². The summed E-state index contributed by atoms with van der Waals surface area (Å²) in [6.07, 6.45) is 5.15. The molecule has 0 aliphatic rings. The molecule has 0 aliphatic heterocycles. The molecule has 0 saturated carbocycles. The van der Waals surface area contributed by atoms with E-state index in [9.17, 15) is 13.5 Å². The molecule has 0 aromatic heterocycles. The van der Waals surface area contributed by atoms with E-state index in [-0.39, 0.29) is 17.4 Å². The highest BCUT2D eigenvalue weighted by molar-refractivity contribution is 9.10. The van der Waals surface area contributed by atoms with Gasteiger partial charge in [0.1, 0.15) is 5.60 Å². The molecule has 0 radical (unpaired) electrons. The van der Waals surface area contributed by atoms with Gasteiger partial charge in [-0.3, -0.25) is 4.18 Å². The Morgan fingerprint density at radius 1 is 0.966 bits per heavy atom. The van der Waals surface area contributed by atoms with Crippen molar-refractivity contribution in [1.82, 2.24) is 0 Å². The Labute approximate surface area is 191 Å². The van der Waals surface area contributed by atoms with Gasteiger partial charge in [-0.2, -0.15) is 8.42 Å². The molecule has 4 nitrogen and oxygen atoms in total. The molecule has 0 spiro atoms. The van der Waals surface area contributed by atoms with Gasteiger partial charge in [0.15, 0.2) is 0 Å². The second kappa shape index (κ2) is 11.0. The van der Waals surface area contributed by atoms with Crippen molar-refractivity contribution in [3.8, 4) is 0 Å². The molecule has 160 valence electrons. The maximum absolute atomic E-state index is 12.6. The average molecular weight is 548 g/mol. The van der Waals surface area contributed by atoms with Gasteiger partial charge < -0.3 is 5.11 Å². The van der Waals surface area contributed by atoms with E-state index in [0.29, 0.717) is 5.56 Å². The SMILES string of the molecule is CCCCCC[C@@H](C)[C@@](O)(COS(=O)(=O)c1ccc(Br)cc1)c1ccc(Br)cc1. The molecule has 7 heteroatoms. The quantitative estimate of drug-likeness (QED) is 0.261. The summed E-state index contributed by atoms with van der Waals surface area (Å²) in [5.74, 6) is -0.166. The van der Waals surface area contributed by atoms with Crippen molar-refractivity contribution in [1.29, 1.82) is 0 Å². The van der Waals surface area contributed by atoms with E-state index in [2.05, 4.69) is 38.8 Å². The van der Waals surface area contributed by atoms with Gasteiger partial charge in [-0.15, -0.1) is 0 Å². The van der Waals surface area contributed by atoms with Crippen LogP contribution in [0.3, 0.4) is 0 Å². The highest BCUT2D eigenvalue weighted by Crippen LogP contribution is 2.35. The van der Waals surface area contributed by atoms with Gasteiger partial charge in [-0.25, -0.2) is 0 Å². The second-order valence-electron chi connectivity index (χ2n) is 7.35. The van der Waals surface area contributed by atoms with Crippen LogP contribution in [0.1, 0.15) is 51.5 Å². The van der Waals surface area contributed by atoms with E-state index in [1.165, 1.54) is 12.1 Å². The zero-order valence-corrected chi connectivity index (χ0v) is 20.8. The third kappa shape index (κ3) is 6.89. The average Bonchev–Trinajstić information content (AvgIpc) is 2.70. The lowest BCUT2D eigenvalue weighted by Crippen LogP contribution is -2.39. The number of rotatable bonds is 11. The van der Waals surface area contributed by atoms with E-state index in [0.717, 1.165) is 41.0 Å². The molecular weight excluding hydrogens is 520 g/mol. The third-order valence-corrected chi connectivity index (χ3v) is 7.52. The lowest BCUT2D eigenvalue weighted by Gasteiger charge is -2.34. The first-order valence-electron chi connectivity index (χ1n) is 9.82. The fraction of sp³-hybridized carbons (Fsp3) is 0.455. The van der Waals surface area contributed by atoms with Crippen molar-refractivity contribution in [2.75, 3.05) is 6.61 Å². The largest absolute Gasteiger partial charge is 0.382 e. The third-order valence-electron chi connectivity index (χ3n) is 5.19. The number of hydrogen-bond donors (Lipinski definition) is 1. The first-order chi connectivity index (χ1) is 13.7. The smallest absolute Gasteiger partial charge is 0.297 e. The lowest BCUT2D eigenvalue weighted by atomic mass is 9.80. The molecule has 1 N–H and O–H groups in total. The summed E-state index contributed by atoms with van der Waals surface area (Å²) >= 11 is 6.70. The summed E-state index contributed by atoms with van der Waals surface area (Å²) < 4.78 is 32.3. The van der Waals surface area contributed by atoms with Crippen LogP contribution in [0, 0.1) is 5.92 Å². The lowest BCUT2D eigenvalue weighted by molar-refractivity contribution is -0.0561. The Hall–Kier alpha value is -0.730. The van der Waals surface area contributed by atoms with Crippen LogP contribution in [-0.4, -0.2) is 20.1 Å². The van der Waals surface area contributed by atoms with Gasteiger partial charge in [0.05, 0.1) is 11.5 Å². The van der Waals surface area contributed by atoms with Gasteiger partial charge in [0.2, 0.25) is 0 Å². The van der Waals surface area contributed by atoms with E-state index in [4.69, 9.17) is 4.18 Å². The standard InChI is InChI=1S/C22H28Br2O4S/c1-3-4-5-6-7-17(2)22(25,18-8-10-19(23)11-9-18)16-28-29(26,27)21-14-12-20(24)13-15-21/h8-15,17,25H,3-7,16H2,1-2H3/t17-,22+/m1/s1. The summed E-state index contributed by atoms with van der Waals surface area (Å²) in [4.78, 5) is 0.0643. The molecule has 2 rings (SSSR count). The Morgan fingerprint density at radius 2 is 1.52 bits per heavy atom. The second-order valence-corrected chi connectivity index (χ2v) is 10.8. The van der Waals surface area contributed by atoms with Crippen LogP contribution in [0.25, 0.3) is 0 Å². The van der Waals surface area contributed by atoms with E-state index >= 15 is 0 Å². The minimum absolute atomic E-state index is 0.0643. The van der Waals surface area contributed by atoms with E-state index in [1.54, 1.807) is 12.1 Å². The van der Waals surface area contributed by atoms with Gasteiger partial charge in [0, 0.05) is 8.95 Å². The summed E-state index contributed by atoms with van der Waals surface area (Å²) in [6.45, 7) is 3.77. The van der Waals surface area contributed by atoms with Gasteiger partial charge >= 0.3 is 0 Å². The van der Waals surface area contributed by atoms with Crippen LogP contribution in [0.15, 0.2) is 62.4 Å². The van der Waals surface area contributed by atoms with Crippen molar-refractivity contribution in [3.63, 3.8) is 0 Å². The molecule has 0 aliphatic carbocycles. The van der Waals surface area contributed by atoms with Gasteiger partial charge in [-0.05, 0) is 54.3 Å². The normalized spacial score (nSPS) is 15.1. The predicted molar refractivity (Wildman–Crippen MR) is 123 cm³/mol. The highest BCUT2D eigenvalue weighted by Gasteiger charge is 2.37. The topological polar surface area (TPSA) is 63.6 Å². The van der Waals surface area contributed by atoms with Crippen LogP contribution in [0.4, 0.5) is 0 Å². The molecule has 0 amide bonds. The summed E-state index contributed by atoms with van der Waals surface area (Å²) in [5.41, 5.74) is -0.760. The predicted octanol–water partition coefficient (Wildman–Crippen LogP) is 6.41. The Bertz CT molecular complexity index is 867. The number of aliphatic hydroxyl groups is 1. The maximum Gasteiger partial charge on any atom is 0.297 e. The molecule has 0 unspecified atom stereocenters. The zero-order valence-electron chi connectivity index (χ0n) is 16.8. The molecule has 2 aromatic carbocycles. The van der Waals surface area contributed by atoms with E-state index < -0.39 is 15.7 Å². The Balaban J connectivity index is 2.22. The molecule has 2 atom stereocenters. The van der Waals surface area contributed by atoms with Crippen LogP contribution in [0.2, 0.25) is 0 Å². The number of benzene rings is 2. The fourth-order valence-corrected chi connectivity index (χ4v) is 4.67. The molecule has 29 heavy (non-hydrogen) atoms. The molecule has 2 aromatic rings. The summed E-state index contributed by atoms with van der Waals surface area (Å²) in [7, 11) is -3.98. The van der Waals surface area contributed by atoms with Crippen molar-refractivity contribution < 1.29 is 17.7 Å². The first kappa shape index (κ1) is 24.5. The number of halogens is 2. The maximum atomic E-state index is 12.6. The summed E-state index contributed by atoms with van der Waals surface area (Å²) in [6, 6.07) is 13.5. The minimum Gasteiger partial charge on any atom is -0.382 e. The van der Waals surface area contributed by atoms with Crippen molar-refractivity contribution in [2.24, 2.45) is 5.92 Å². The molecular formula is C22H28Br2O4S. The minimum atomic E-state index is -3.98. The highest BCUT2D eigenvalue weighted by atomic mass is 79.9. The molecule has 0 saturated heterocycles. The first-order valence-corrected chi connectivity index (χ1v) is 12.8. The van der Waals surface area contributed by atoms with Crippen LogP contribution in [-0.2, 0) is 19.9 Å². The molecule has 0 heterocycles. The number of hydrogen-bond acceptors (Lipinski definition) is 4. The summed E-state index contributed by atoms with van der Waals surface area (Å²) in [5, 5.41) is 11.5. The van der Waals surface area contributed by atoms with Crippen LogP contribution in [0.5, 0.6) is 0 Å². The van der Waals surface area contributed by atoms with Crippen LogP contribution >= 0.6 is 31.9 Å². The molecule has 0 fully saturated rings. The number of unbranched alkanes of at least 4 members (excludes halogenated alkanes) is 3. The van der Waals surface area contributed by atoms with Crippen molar-refractivity contribution in [2.45, 2.75) is 56.4 Å². The van der Waals surface area contributed by atoms with E-state index in [1.807, 2.05) is 31.2 Å². The van der Waals surface area contributed by atoms with Crippen LogP contribution < -0.4 is 0 Å². The Morgan fingerprint density at radius 3 is 2.07 bits per heavy atom. The molecule has 0 bridgehead atoms.